The monoisotopic (exact) mass is 194 g/mol. The van der Waals surface area contributed by atoms with Crippen LogP contribution in [-0.2, 0) is 4.79 Å². The van der Waals surface area contributed by atoms with Crippen LogP contribution >= 0.6 is 0 Å². The molecule has 0 aliphatic heterocycles. The highest BCUT2D eigenvalue weighted by atomic mass is 16.4. The van der Waals surface area contributed by atoms with E-state index >= 15 is 0 Å². The number of hydrogen-bond donors (Lipinski definition) is 1. The molecule has 2 nitrogen and oxygen atoms in total. The molecular formula is C12H18O2. The van der Waals surface area contributed by atoms with E-state index < -0.39 is 5.97 Å². The predicted molar refractivity (Wildman–Crippen MR) is 54.9 cm³/mol. The van der Waals surface area contributed by atoms with Crippen LogP contribution in [0.3, 0.4) is 0 Å². The lowest BCUT2D eigenvalue weighted by molar-refractivity contribution is -0.133. The molecule has 0 radical (unpaired) electrons. The average Bonchev–Trinajstić information content (AvgIpc) is 2.49. The van der Waals surface area contributed by atoms with E-state index in [1.165, 1.54) is 12.0 Å². The van der Waals surface area contributed by atoms with Crippen molar-refractivity contribution in [1.82, 2.24) is 0 Å². The smallest absolute Gasteiger partial charge is 0.331 e. The molecule has 0 spiro atoms. The molecule has 1 fully saturated rings. The van der Waals surface area contributed by atoms with Crippen molar-refractivity contribution in [2.24, 2.45) is 17.8 Å². The first-order chi connectivity index (χ1) is 6.61. The van der Waals surface area contributed by atoms with Crippen LogP contribution in [0, 0.1) is 17.8 Å². The standard InChI is InChI=1S/C12H18O2/c1-7-3-5-9-10(12(13)14)6-4-8(2)11(7)9/h7-8,11H,3-6H2,1-2H3,(H,13,14). The normalized spacial score (nSPS) is 37.1. The molecular weight excluding hydrogens is 176 g/mol. The summed E-state index contributed by atoms with van der Waals surface area (Å²) < 4.78 is 0. The number of carboxylic acid groups (broad SMARTS) is 1. The Morgan fingerprint density at radius 1 is 1.21 bits per heavy atom. The van der Waals surface area contributed by atoms with Gasteiger partial charge in [-0.05, 0) is 43.4 Å². The highest BCUT2D eigenvalue weighted by Gasteiger charge is 2.38. The van der Waals surface area contributed by atoms with Crippen molar-refractivity contribution in [3.8, 4) is 0 Å². The van der Waals surface area contributed by atoms with Gasteiger partial charge in [-0.25, -0.2) is 4.79 Å². The third kappa shape index (κ3) is 1.37. The second-order valence-electron chi connectivity index (χ2n) is 4.87. The van der Waals surface area contributed by atoms with Gasteiger partial charge >= 0.3 is 5.97 Å². The molecule has 2 aliphatic carbocycles. The van der Waals surface area contributed by atoms with Crippen molar-refractivity contribution >= 4 is 5.97 Å². The van der Waals surface area contributed by atoms with Crippen LogP contribution in [0.2, 0.25) is 0 Å². The number of hydrogen-bond acceptors (Lipinski definition) is 1. The van der Waals surface area contributed by atoms with Crippen molar-refractivity contribution in [2.45, 2.75) is 39.5 Å². The lowest BCUT2D eigenvalue weighted by atomic mass is 9.74. The first-order valence-corrected chi connectivity index (χ1v) is 5.56. The highest BCUT2D eigenvalue weighted by Crippen LogP contribution is 2.47. The minimum absolute atomic E-state index is 0.565. The molecule has 0 amide bonds. The number of allylic oxidation sites excluding steroid dienone is 1. The Balaban J connectivity index is 2.37. The zero-order valence-corrected chi connectivity index (χ0v) is 8.92. The van der Waals surface area contributed by atoms with Gasteiger partial charge in [0.1, 0.15) is 0 Å². The first-order valence-electron chi connectivity index (χ1n) is 5.56. The van der Waals surface area contributed by atoms with Crippen LogP contribution in [0.25, 0.3) is 0 Å². The van der Waals surface area contributed by atoms with E-state index in [0.29, 0.717) is 17.8 Å². The molecule has 1 N–H and O–H groups in total. The maximum atomic E-state index is 11.1. The predicted octanol–water partition coefficient (Wildman–Crippen LogP) is 2.84. The second-order valence-corrected chi connectivity index (χ2v) is 4.87. The molecule has 78 valence electrons. The number of fused-ring (bicyclic) bond motifs is 1. The molecule has 2 rings (SSSR count). The SMILES string of the molecule is CC1CCC(C(=O)O)=C2CCC(C)C21. The molecule has 2 aliphatic rings. The summed E-state index contributed by atoms with van der Waals surface area (Å²) in [6.07, 6.45) is 4.05. The topological polar surface area (TPSA) is 37.3 Å². The molecule has 0 heterocycles. The van der Waals surface area contributed by atoms with Gasteiger partial charge in [0.15, 0.2) is 0 Å². The Morgan fingerprint density at radius 3 is 2.36 bits per heavy atom. The summed E-state index contributed by atoms with van der Waals surface area (Å²) in [6.45, 7) is 4.53. The van der Waals surface area contributed by atoms with E-state index in [2.05, 4.69) is 13.8 Å². The average molecular weight is 194 g/mol. The van der Waals surface area contributed by atoms with E-state index in [1.807, 2.05) is 0 Å². The molecule has 1 saturated carbocycles. The Hall–Kier alpha value is -0.790. The molecule has 2 heteroatoms. The number of rotatable bonds is 1. The number of carboxylic acids is 1. The largest absolute Gasteiger partial charge is 0.478 e. The molecule has 14 heavy (non-hydrogen) atoms. The van der Waals surface area contributed by atoms with Crippen LogP contribution in [0.5, 0.6) is 0 Å². The van der Waals surface area contributed by atoms with Crippen LogP contribution in [0.4, 0.5) is 0 Å². The van der Waals surface area contributed by atoms with Crippen LogP contribution in [0.1, 0.15) is 39.5 Å². The zero-order valence-electron chi connectivity index (χ0n) is 8.92. The maximum Gasteiger partial charge on any atom is 0.331 e. The molecule has 3 atom stereocenters. The second kappa shape index (κ2) is 3.41. The Kier molecular flexibility index (Phi) is 2.38. The fraction of sp³-hybridized carbons (Fsp3) is 0.750. The third-order valence-electron chi connectivity index (χ3n) is 3.99. The van der Waals surface area contributed by atoms with Gasteiger partial charge in [-0.3, -0.25) is 0 Å². The zero-order chi connectivity index (χ0) is 10.3. The summed E-state index contributed by atoms with van der Waals surface area (Å²) >= 11 is 0. The van der Waals surface area contributed by atoms with Gasteiger partial charge in [0, 0.05) is 5.57 Å². The lowest BCUT2D eigenvalue weighted by Gasteiger charge is -2.30. The summed E-state index contributed by atoms with van der Waals surface area (Å²) in [5.74, 6) is 1.26. The van der Waals surface area contributed by atoms with Gasteiger partial charge in [0.25, 0.3) is 0 Å². The Morgan fingerprint density at radius 2 is 1.79 bits per heavy atom. The van der Waals surface area contributed by atoms with Crippen LogP contribution in [-0.4, -0.2) is 11.1 Å². The van der Waals surface area contributed by atoms with E-state index in [9.17, 15) is 4.79 Å². The fourth-order valence-electron chi connectivity index (χ4n) is 3.29. The summed E-state index contributed by atoms with van der Waals surface area (Å²) in [4.78, 5) is 11.1. The van der Waals surface area contributed by atoms with Gasteiger partial charge in [0.05, 0.1) is 0 Å². The fourth-order valence-corrected chi connectivity index (χ4v) is 3.29. The van der Waals surface area contributed by atoms with E-state index in [-0.39, 0.29) is 0 Å². The molecule has 0 aromatic heterocycles. The van der Waals surface area contributed by atoms with Crippen LogP contribution in [0.15, 0.2) is 11.1 Å². The number of carbonyl (C=O) groups is 1. The number of aliphatic carboxylic acids is 1. The van der Waals surface area contributed by atoms with E-state index in [1.54, 1.807) is 0 Å². The van der Waals surface area contributed by atoms with E-state index in [4.69, 9.17) is 5.11 Å². The molecule has 0 bridgehead atoms. The minimum Gasteiger partial charge on any atom is -0.478 e. The van der Waals surface area contributed by atoms with Gasteiger partial charge < -0.3 is 5.11 Å². The third-order valence-corrected chi connectivity index (χ3v) is 3.99. The molecule has 0 saturated heterocycles. The van der Waals surface area contributed by atoms with Gasteiger partial charge in [-0.1, -0.05) is 19.4 Å². The van der Waals surface area contributed by atoms with Crippen molar-refractivity contribution in [2.75, 3.05) is 0 Å². The molecule has 0 aromatic rings. The lowest BCUT2D eigenvalue weighted by Crippen LogP contribution is -2.23. The summed E-state index contributed by atoms with van der Waals surface area (Å²) in [6, 6.07) is 0. The van der Waals surface area contributed by atoms with Gasteiger partial charge in [0.2, 0.25) is 0 Å². The van der Waals surface area contributed by atoms with Gasteiger partial charge in [-0.15, -0.1) is 0 Å². The summed E-state index contributed by atoms with van der Waals surface area (Å²) in [5, 5.41) is 9.10. The molecule has 0 aromatic carbocycles. The first kappa shape index (κ1) is 9.75. The highest BCUT2D eigenvalue weighted by molar-refractivity contribution is 5.88. The quantitative estimate of drug-likeness (QED) is 0.697. The van der Waals surface area contributed by atoms with E-state index in [0.717, 1.165) is 24.8 Å². The van der Waals surface area contributed by atoms with Gasteiger partial charge in [-0.2, -0.15) is 0 Å². The summed E-state index contributed by atoms with van der Waals surface area (Å²) in [7, 11) is 0. The summed E-state index contributed by atoms with van der Waals surface area (Å²) in [5.41, 5.74) is 2.00. The van der Waals surface area contributed by atoms with Crippen molar-refractivity contribution in [3.05, 3.63) is 11.1 Å². The Labute approximate surface area is 85.0 Å². The van der Waals surface area contributed by atoms with Crippen molar-refractivity contribution in [1.29, 1.82) is 0 Å². The minimum atomic E-state index is -0.675. The molecule has 3 unspecified atom stereocenters. The maximum absolute atomic E-state index is 11.1. The van der Waals surface area contributed by atoms with Crippen LogP contribution < -0.4 is 0 Å². The van der Waals surface area contributed by atoms with Crippen molar-refractivity contribution in [3.63, 3.8) is 0 Å². The Bertz CT molecular complexity index is 291. The van der Waals surface area contributed by atoms with Crippen molar-refractivity contribution < 1.29 is 9.90 Å².